The van der Waals surface area contributed by atoms with Crippen molar-refractivity contribution >= 4 is 27.8 Å². The number of methoxy groups -OCH3 is 1. The van der Waals surface area contributed by atoms with E-state index in [4.69, 9.17) is 9.47 Å². The Bertz CT molecular complexity index is 1520. The smallest absolute Gasteiger partial charge is 0.264 e. The Hall–Kier alpha value is -4.63. The number of nitrogens with one attached hydrogen (secondary N) is 1. The van der Waals surface area contributed by atoms with E-state index < -0.39 is 22.5 Å². The van der Waals surface area contributed by atoms with Gasteiger partial charge in [-0.2, -0.15) is 5.10 Å². The van der Waals surface area contributed by atoms with Gasteiger partial charge in [-0.1, -0.05) is 60.2 Å². The molecule has 0 bridgehead atoms. The van der Waals surface area contributed by atoms with Gasteiger partial charge in [0.25, 0.3) is 15.9 Å². The number of aryl methyl sites for hydroxylation is 1. The summed E-state index contributed by atoms with van der Waals surface area (Å²) in [6.07, 6.45) is 1.47. The average molecular weight is 544 g/mol. The standard InChI is InChI=1S/C30H29N3O5S/c1-23-12-14-25(15-13-23)22-38-26-18-16-24(17-19-26)20-31-32-30(34)21-33(28-10-6-7-11-29(28)37-2)39(35,36)27-8-4-3-5-9-27/h3-20H,21-22H2,1-2H3,(H,32,34)/b31-20+. The Kier molecular flexibility index (Phi) is 8.96. The highest BCUT2D eigenvalue weighted by molar-refractivity contribution is 7.92. The van der Waals surface area contributed by atoms with Crippen LogP contribution < -0.4 is 19.2 Å². The van der Waals surface area contributed by atoms with Gasteiger partial charge < -0.3 is 9.47 Å². The van der Waals surface area contributed by atoms with E-state index in [1.54, 1.807) is 54.6 Å². The number of hydrogen-bond donors (Lipinski definition) is 1. The van der Waals surface area contributed by atoms with Gasteiger partial charge >= 0.3 is 0 Å². The molecule has 4 rings (SSSR count). The van der Waals surface area contributed by atoms with Gasteiger partial charge in [0, 0.05) is 0 Å². The second-order valence-corrected chi connectivity index (χ2v) is 10.5. The topological polar surface area (TPSA) is 97.3 Å². The zero-order chi connectivity index (χ0) is 27.7. The van der Waals surface area contributed by atoms with Gasteiger partial charge in [0.05, 0.1) is 23.9 Å². The van der Waals surface area contributed by atoms with E-state index >= 15 is 0 Å². The number of nitrogens with zero attached hydrogens (tertiary/aromatic N) is 2. The Morgan fingerprint density at radius 3 is 2.26 bits per heavy atom. The Morgan fingerprint density at radius 2 is 1.56 bits per heavy atom. The van der Waals surface area contributed by atoms with Gasteiger partial charge in [0.15, 0.2) is 0 Å². The van der Waals surface area contributed by atoms with Gasteiger partial charge in [-0.3, -0.25) is 9.10 Å². The van der Waals surface area contributed by atoms with E-state index in [0.29, 0.717) is 18.1 Å². The second kappa shape index (κ2) is 12.7. The molecule has 0 atom stereocenters. The molecule has 0 saturated carbocycles. The first-order valence-electron chi connectivity index (χ1n) is 12.2. The lowest BCUT2D eigenvalue weighted by Gasteiger charge is -2.25. The van der Waals surface area contributed by atoms with Crippen molar-refractivity contribution in [3.8, 4) is 11.5 Å². The molecule has 0 aliphatic carbocycles. The van der Waals surface area contributed by atoms with Crippen LogP contribution in [0.1, 0.15) is 16.7 Å². The van der Waals surface area contributed by atoms with Crippen LogP contribution in [0, 0.1) is 6.92 Å². The molecular formula is C30H29N3O5S. The van der Waals surface area contributed by atoms with Crippen LogP contribution >= 0.6 is 0 Å². The van der Waals surface area contributed by atoms with Crippen molar-refractivity contribution in [3.63, 3.8) is 0 Å². The number of hydrogen-bond acceptors (Lipinski definition) is 6. The van der Waals surface area contributed by atoms with Crippen LogP contribution in [-0.4, -0.2) is 34.2 Å². The molecule has 0 aliphatic heterocycles. The van der Waals surface area contributed by atoms with Crippen LogP contribution in [0.15, 0.2) is 113 Å². The van der Waals surface area contributed by atoms with Crippen LogP contribution in [0.5, 0.6) is 11.5 Å². The number of benzene rings is 4. The molecule has 1 N–H and O–H groups in total. The maximum Gasteiger partial charge on any atom is 0.264 e. The van der Waals surface area contributed by atoms with Crippen molar-refractivity contribution in [1.29, 1.82) is 0 Å². The summed E-state index contributed by atoms with van der Waals surface area (Å²) in [5, 5.41) is 4.00. The molecule has 1 amide bonds. The molecule has 8 nitrogen and oxygen atoms in total. The van der Waals surface area contributed by atoms with E-state index in [1.165, 1.54) is 31.0 Å². The molecule has 0 radical (unpaired) electrons. The lowest BCUT2D eigenvalue weighted by molar-refractivity contribution is -0.119. The van der Waals surface area contributed by atoms with Gasteiger partial charge in [-0.25, -0.2) is 13.8 Å². The van der Waals surface area contributed by atoms with E-state index in [0.717, 1.165) is 15.4 Å². The van der Waals surface area contributed by atoms with Gasteiger partial charge in [-0.05, 0) is 66.6 Å². The summed E-state index contributed by atoms with van der Waals surface area (Å²) < 4.78 is 39.1. The molecule has 0 aliphatic rings. The van der Waals surface area contributed by atoms with Crippen molar-refractivity contribution in [3.05, 3.63) is 120 Å². The summed E-state index contributed by atoms with van der Waals surface area (Å²) in [6, 6.07) is 29.9. The highest BCUT2D eigenvalue weighted by Gasteiger charge is 2.29. The first kappa shape index (κ1) is 27.4. The third-order valence-corrected chi connectivity index (χ3v) is 7.56. The fraction of sp³-hybridized carbons (Fsp3) is 0.133. The highest BCUT2D eigenvalue weighted by Crippen LogP contribution is 2.32. The zero-order valence-electron chi connectivity index (χ0n) is 21.7. The summed E-state index contributed by atoms with van der Waals surface area (Å²) >= 11 is 0. The van der Waals surface area contributed by atoms with Crippen molar-refractivity contribution < 1.29 is 22.7 Å². The lowest BCUT2D eigenvalue weighted by Crippen LogP contribution is -2.39. The quantitative estimate of drug-likeness (QED) is 0.214. The Morgan fingerprint density at radius 1 is 0.897 bits per heavy atom. The molecule has 4 aromatic rings. The monoisotopic (exact) mass is 543 g/mol. The largest absolute Gasteiger partial charge is 0.495 e. The van der Waals surface area contributed by atoms with Crippen molar-refractivity contribution in [2.45, 2.75) is 18.4 Å². The number of carbonyl (C=O) groups excluding carboxylic acids is 1. The van der Waals surface area contributed by atoms with Gasteiger partial charge in [0.1, 0.15) is 24.7 Å². The third-order valence-electron chi connectivity index (χ3n) is 5.78. The number of amides is 1. The molecule has 0 spiro atoms. The van der Waals surface area contributed by atoms with Crippen LogP contribution in [0.4, 0.5) is 5.69 Å². The SMILES string of the molecule is COc1ccccc1N(CC(=O)N/N=C/c1ccc(OCc2ccc(C)cc2)cc1)S(=O)(=O)c1ccccc1. The number of ether oxygens (including phenoxy) is 2. The van der Waals surface area contributed by atoms with Gasteiger partial charge in [0.2, 0.25) is 0 Å². The number of carbonyl (C=O) groups is 1. The minimum Gasteiger partial charge on any atom is -0.495 e. The molecule has 0 saturated heterocycles. The molecule has 200 valence electrons. The van der Waals surface area contributed by atoms with Crippen molar-refractivity contribution in [2.24, 2.45) is 5.10 Å². The molecule has 4 aromatic carbocycles. The minimum atomic E-state index is -4.06. The lowest BCUT2D eigenvalue weighted by atomic mass is 10.2. The third kappa shape index (κ3) is 7.24. The summed E-state index contributed by atoms with van der Waals surface area (Å²) in [4.78, 5) is 12.9. The number of rotatable bonds is 11. The van der Waals surface area contributed by atoms with Crippen LogP contribution in [0.25, 0.3) is 0 Å². The van der Waals surface area contributed by atoms with Crippen LogP contribution in [0.3, 0.4) is 0 Å². The summed E-state index contributed by atoms with van der Waals surface area (Å²) in [6.45, 7) is 2.00. The molecular weight excluding hydrogens is 514 g/mol. The maximum atomic E-state index is 13.5. The molecule has 9 heteroatoms. The Labute approximate surface area is 228 Å². The molecule has 0 heterocycles. The van der Waals surface area contributed by atoms with Crippen LogP contribution in [-0.2, 0) is 21.4 Å². The van der Waals surface area contributed by atoms with E-state index in [1.807, 2.05) is 43.3 Å². The minimum absolute atomic E-state index is 0.0527. The Balaban J connectivity index is 1.41. The normalized spacial score (nSPS) is 11.2. The molecule has 0 unspecified atom stereocenters. The summed E-state index contributed by atoms with van der Waals surface area (Å²) in [7, 11) is -2.63. The fourth-order valence-electron chi connectivity index (χ4n) is 3.70. The zero-order valence-corrected chi connectivity index (χ0v) is 22.5. The summed E-state index contributed by atoms with van der Waals surface area (Å²) in [5.74, 6) is 0.406. The van der Waals surface area contributed by atoms with Gasteiger partial charge in [-0.15, -0.1) is 0 Å². The van der Waals surface area contributed by atoms with Crippen molar-refractivity contribution in [2.75, 3.05) is 18.0 Å². The summed E-state index contributed by atoms with van der Waals surface area (Å²) in [5.41, 5.74) is 5.65. The van der Waals surface area contributed by atoms with E-state index in [9.17, 15) is 13.2 Å². The maximum absolute atomic E-state index is 13.5. The highest BCUT2D eigenvalue weighted by atomic mass is 32.2. The number of hydrazone groups is 1. The molecule has 39 heavy (non-hydrogen) atoms. The predicted molar refractivity (Wildman–Crippen MR) is 152 cm³/mol. The first-order valence-corrected chi connectivity index (χ1v) is 13.6. The second-order valence-electron chi connectivity index (χ2n) is 8.63. The van der Waals surface area contributed by atoms with E-state index in [2.05, 4.69) is 10.5 Å². The number of sulfonamides is 1. The molecule has 0 aromatic heterocycles. The first-order chi connectivity index (χ1) is 18.9. The predicted octanol–water partition coefficient (Wildman–Crippen LogP) is 4.93. The van der Waals surface area contributed by atoms with E-state index in [-0.39, 0.29) is 10.6 Å². The molecule has 0 fully saturated rings. The average Bonchev–Trinajstić information content (AvgIpc) is 2.96. The van der Waals surface area contributed by atoms with Crippen LogP contribution in [0.2, 0.25) is 0 Å². The number of para-hydroxylation sites is 2. The fourth-order valence-corrected chi connectivity index (χ4v) is 5.15. The van der Waals surface area contributed by atoms with Crippen molar-refractivity contribution in [1.82, 2.24) is 5.43 Å². The number of anilines is 1.